The van der Waals surface area contributed by atoms with Gasteiger partial charge in [-0.15, -0.1) is 0 Å². The number of fused-ring (bicyclic) bond motifs is 1. The third-order valence-electron chi connectivity index (χ3n) is 2.55. The molecule has 2 aromatic rings. The molecule has 1 aromatic heterocycles. The van der Waals surface area contributed by atoms with Crippen LogP contribution in [0.15, 0.2) is 30.4 Å². The number of nitrogens with zero attached hydrogens (tertiary/aromatic N) is 2. The molecule has 0 saturated carbocycles. The average molecular weight is 250 g/mol. The van der Waals surface area contributed by atoms with Crippen LogP contribution in [0.2, 0.25) is 0 Å². The summed E-state index contributed by atoms with van der Waals surface area (Å²) in [6.07, 6.45) is 0.771. The van der Waals surface area contributed by atoms with Gasteiger partial charge in [0.05, 0.1) is 11.0 Å². The van der Waals surface area contributed by atoms with E-state index in [2.05, 4.69) is 28.8 Å². The quantitative estimate of drug-likeness (QED) is 0.651. The Balaban J connectivity index is 2.57. The molecule has 0 spiro atoms. The highest BCUT2D eigenvalue weighted by Crippen LogP contribution is 2.19. The number of aryl methyl sites for hydroxylation is 1. The molecular formula is C13H15FN2S. The zero-order valence-electron chi connectivity index (χ0n) is 9.78. The molecule has 0 atom stereocenters. The van der Waals surface area contributed by atoms with Gasteiger partial charge in [-0.1, -0.05) is 12.2 Å². The minimum atomic E-state index is -0.255. The highest BCUT2D eigenvalue weighted by molar-refractivity contribution is 7.80. The topological polar surface area (TPSA) is 17.8 Å². The fourth-order valence-electron chi connectivity index (χ4n) is 1.89. The lowest BCUT2D eigenvalue weighted by atomic mass is 10.3. The number of hydrogen-bond donors (Lipinski definition) is 1. The van der Waals surface area contributed by atoms with Crippen LogP contribution in [0, 0.1) is 5.82 Å². The molecule has 0 saturated heterocycles. The largest absolute Gasteiger partial charge is 0.324 e. The second-order valence-corrected chi connectivity index (χ2v) is 4.63. The van der Waals surface area contributed by atoms with E-state index in [-0.39, 0.29) is 5.82 Å². The third-order valence-corrected chi connectivity index (χ3v) is 2.78. The van der Waals surface area contributed by atoms with Crippen molar-refractivity contribution in [2.45, 2.75) is 19.9 Å². The Morgan fingerprint density at radius 1 is 1.53 bits per heavy atom. The maximum absolute atomic E-state index is 13.1. The highest BCUT2D eigenvalue weighted by Gasteiger charge is 2.10. The van der Waals surface area contributed by atoms with E-state index in [9.17, 15) is 4.39 Å². The smallest absolute Gasteiger partial charge is 0.125 e. The van der Waals surface area contributed by atoms with E-state index in [1.54, 1.807) is 6.07 Å². The van der Waals surface area contributed by atoms with Crippen LogP contribution >= 0.6 is 12.6 Å². The van der Waals surface area contributed by atoms with Gasteiger partial charge in [-0.3, -0.25) is 0 Å². The number of benzene rings is 1. The van der Waals surface area contributed by atoms with Crippen LogP contribution in [-0.2, 0) is 13.0 Å². The van der Waals surface area contributed by atoms with E-state index < -0.39 is 0 Å². The molecule has 0 amide bonds. The maximum atomic E-state index is 13.1. The fourth-order valence-corrected chi connectivity index (χ4v) is 2.09. The Kier molecular flexibility index (Phi) is 3.52. The number of imidazole rings is 1. The Hall–Kier alpha value is -1.29. The molecule has 2 rings (SSSR count). The summed E-state index contributed by atoms with van der Waals surface area (Å²) in [7, 11) is 0. The zero-order chi connectivity index (χ0) is 12.4. The van der Waals surface area contributed by atoms with Crippen LogP contribution in [0.4, 0.5) is 4.39 Å². The van der Waals surface area contributed by atoms with Crippen LogP contribution in [0.3, 0.4) is 0 Å². The molecule has 0 bridgehead atoms. The van der Waals surface area contributed by atoms with E-state index in [1.165, 1.54) is 12.1 Å². The predicted octanol–water partition coefficient (Wildman–Crippen LogP) is 3.22. The first-order valence-corrected chi connectivity index (χ1v) is 6.15. The van der Waals surface area contributed by atoms with Gasteiger partial charge >= 0.3 is 0 Å². The summed E-state index contributed by atoms with van der Waals surface area (Å²) in [5, 5.41) is 0. The van der Waals surface area contributed by atoms with Gasteiger partial charge in [0.2, 0.25) is 0 Å². The molecular weight excluding hydrogens is 235 g/mol. The maximum Gasteiger partial charge on any atom is 0.125 e. The van der Waals surface area contributed by atoms with Crippen molar-refractivity contribution in [2.75, 3.05) is 5.75 Å². The van der Waals surface area contributed by atoms with Gasteiger partial charge in [-0.25, -0.2) is 9.37 Å². The monoisotopic (exact) mass is 250 g/mol. The minimum Gasteiger partial charge on any atom is -0.324 e. The molecule has 0 aliphatic carbocycles. The van der Waals surface area contributed by atoms with Gasteiger partial charge in [0.15, 0.2) is 0 Å². The first-order valence-electron chi connectivity index (χ1n) is 5.51. The Morgan fingerprint density at radius 3 is 2.94 bits per heavy atom. The van der Waals surface area contributed by atoms with Gasteiger partial charge < -0.3 is 4.57 Å². The average Bonchev–Trinajstić information content (AvgIpc) is 2.56. The molecule has 0 aliphatic heterocycles. The molecule has 0 unspecified atom stereocenters. The second-order valence-electron chi connectivity index (χ2n) is 4.18. The lowest BCUT2D eigenvalue weighted by Gasteiger charge is -2.07. The van der Waals surface area contributed by atoms with Gasteiger partial charge in [0, 0.05) is 19.0 Å². The Morgan fingerprint density at radius 2 is 2.29 bits per heavy atom. The van der Waals surface area contributed by atoms with E-state index in [4.69, 9.17) is 0 Å². The molecule has 2 nitrogen and oxygen atoms in total. The standard InChI is InChI=1S/C13H15FN2S/c1-9(2)8-16-12-4-3-10(14)7-11(12)15-13(16)5-6-17/h3-4,7,17H,1,5-6,8H2,2H3. The van der Waals surface area contributed by atoms with Crippen molar-refractivity contribution < 1.29 is 4.39 Å². The van der Waals surface area contributed by atoms with Crippen molar-refractivity contribution in [3.8, 4) is 0 Å². The molecule has 90 valence electrons. The summed E-state index contributed by atoms with van der Waals surface area (Å²) in [6, 6.07) is 4.69. The first-order chi connectivity index (χ1) is 8.11. The number of aromatic nitrogens is 2. The number of halogens is 1. The third kappa shape index (κ3) is 2.52. The van der Waals surface area contributed by atoms with E-state index in [0.717, 1.165) is 29.1 Å². The molecule has 0 fully saturated rings. The van der Waals surface area contributed by atoms with E-state index >= 15 is 0 Å². The Labute approximate surface area is 106 Å². The van der Waals surface area contributed by atoms with Crippen molar-refractivity contribution >= 4 is 23.7 Å². The van der Waals surface area contributed by atoms with Gasteiger partial charge in [-0.05, 0) is 24.8 Å². The van der Waals surface area contributed by atoms with Crippen LogP contribution in [0.5, 0.6) is 0 Å². The molecule has 1 heterocycles. The summed E-state index contributed by atoms with van der Waals surface area (Å²) < 4.78 is 15.2. The van der Waals surface area contributed by atoms with Gasteiger partial charge in [0.25, 0.3) is 0 Å². The SMILES string of the molecule is C=C(C)Cn1c(CCS)nc2cc(F)ccc21. The summed E-state index contributed by atoms with van der Waals surface area (Å²) >= 11 is 4.22. The van der Waals surface area contributed by atoms with Crippen molar-refractivity contribution in [1.82, 2.24) is 9.55 Å². The second kappa shape index (κ2) is 4.92. The lowest BCUT2D eigenvalue weighted by Crippen LogP contribution is -2.05. The van der Waals surface area contributed by atoms with E-state index in [1.807, 2.05) is 6.92 Å². The van der Waals surface area contributed by atoms with E-state index in [0.29, 0.717) is 12.1 Å². The highest BCUT2D eigenvalue weighted by atomic mass is 32.1. The molecule has 0 N–H and O–H groups in total. The molecule has 1 aromatic carbocycles. The Bertz CT molecular complexity index is 560. The van der Waals surface area contributed by atoms with Crippen molar-refractivity contribution in [1.29, 1.82) is 0 Å². The number of allylic oxidation sites excluding steroid dienone is 1. The van der Waals surface area contributed by atoms with Crippen molar-refractivity contribution in [3.05, 3.63) is 42.0 Å². The molecule has 17 heavy (non-hydrogen) atoms. The van der Waals surface area contributed by atoms with Crippen molar-refractivity contribution in [2.24, 2.45) is 0 Å². The molecule has 0 radical (unpaired) electrons. The summed E-state index contributed by atoms with van der Waals surface area (Å²) in [6.45, 7) is 6.60. The summed E-state index contributed by atoms with van der Waals surface area (Å²) in [5.74, 6) is 1.40. The van der Waals surface area contributed by atoms with Crippen LogP contribution in [-0.4, -0.2) is 15.3 Å². The zero-order valence-corrected chi connectivity index (χ0v) is 10.7. The van der Waals surface area contributed by atoms with Crippen LogP contribution < -0.4 is 0 Å². The number of hydrogen-bond acceptors (Lipinski definition) is 2. The predicted molar refractivity (Wildman–Crippen MR) is 72.1 cm³/mol. The normalized spacial score (nSPS) is 11.0. The van der Waals surface area contributed by atoms with Crippen LogP contribution in [0.25, 0.3) is 11.0 Å². The number of thiol groups is 1. The van der Waals surface area contributed by atoms with Gasteiger partial charge in [0.1, 0.15) is 11.6 Å². The minimum absolute atomic E-state index is 0.255. The van der Waals surface area contributed by atoms with Gasteiger partial charge in [-0.2, -0.15) is 12.6 Å². The molecule has 0 aliphatic rings. The summed E-state index contributed by atoms with van der Waals surface area (Å²) in [4.78, 5) is 4.45. The number of rotatable bonds is 4. The fraction of sp³-hybridized carbons (Fsp3) is 0.308. The lowest BCUT2D eigenvalue weighted by molar-refractivity contribution is 0.629. The van der Waals surface area contributed by atoms with Crippen molar-refractivity contribution in [3.63, 3.8) is 0 Å². The van der Waals surface area contributed by atoms with Crippen LogP contribution in [0.1, 0.15) is 12.7 Å². The summed E-state index contributed by atoms with van der Waals surface area (Å²) in [5.41, 5.74) is 2.70. The molecule has 4 heteroatoms. The first kappa shape index (κ1) is 12.2.